The number of esters is 1. The fourth-order valence-electron chi connectivity index (χ4n) is 2.47. The highest BCUT2D eigenvalue weighted by atomic mass is 32.1. The van der Waals surface area contributed by atoms with Crippen LogP contribution in [0.25, 0.3) is 0 Å². The monoisotopic (exact) mass is 310 g/mol. The van der Waals surface area contributed by atoms with E-state index in [0.717, 1.165) is 32.4 Å². The van der Waals surface area contributed by atoms with Crippen molar-refractivity contribution in [2.75, 3.05) is 25.0 Å². The van der Waals surface area contributed by atoms with Gasteiger partial charge in [0.1, 0.15) is 5.00 Å². The Labute approximate surface area is 129 Å². The van der Waals surface area contributed by atoms with Crippen LogP contribution in [-0.2, 0) is 9.53 Å². The molecule has 0 bridgehead atoms. The van der Waals surface area contributed by atoms with E-state index in [9.17, 15) is 9.59 Å². The molecule has 21 heavy (non-hydrogen) atoms. The van der Waals surface area contributed by atoms with Crippen LogP contribution in [0.3, 0.4) is 0 Å². The molecule has 5 nitrogen and oxygen atoms in total. The zero-order valence-corrected chi connectivity index (χ0v) is 13.1. The predicted molar refractivity (Wildman–Crippen MR) is 83.7 cm³/mol. The lowest BCUT2D eigenvalue weighted by Gasteiger charge is -2.22. The van der Waals surface area contributed by atoms with Crippen molar-refractivity contribution in [2.24, 2.45) is 5.92 Å². The molecule has 0 spiro atoms. The maximum absolute atomic E-state index is 12.0. The van der Waals surface area contributed by atoms with E-state index in [1.54, 1.807) is 18.4 Å². The lowest BCUT2D eigenvalue weighted by molar-refractivity contribution is -0.116. The van der Waals surface area contributed by atoms with Gasteiger partial charge in [-0.2, -0.15) is 0 Å². The van der Waals surface area contributed by atoms with Gasteiger partial charge in [-0.15, -0.1) is 11.3 Å². The predicted octanol–water partition coefficient (Wildman–Crippen LogP) is 2.64. The maximum atomic E-state index is 12.0. The third-order valence-corrected chi connectivity index (χ3v) is 4.48. The van der Waals surface area contributed by atoms with Gasteiger partial charge in [-0.3, -0.25) is 4.79 Å². The van der Waals surface area contributed by atoms with E-state index in [1.165, 1.54) is 11.3 Å². The molecule has 1 aromatic rings. The van der Waals surface area contributed by atoms with Crippen LogP contribution in [0.4, 0.5) is 5.00 Å². The van der Waals surface area contributed by atoms with Gasteiger partial charge < -0.3 is 15.4 Å². The van der Waals surface area contributed by atoms with Gasteiger partial charge in [-0.05, 0) is 56.6 Å². The van der Waals surface area contributed by atoms with Crippen LogP contribution in [0.2, 0.25) is 0 Å². The van der Waals surface area contributed by atoms with Crippen LogP contribution in [0.1, 0.15) is 43.0 Å². The number of carbonyl (C=O) groups excluding carboxylic acids is 2. The Bertz CT molecular complexity index is 481. The second kappa shape index (κ2) is 8.14. The third-order valence-electron chi connectivity index (χ3n) is 3.65. The number of carbonyl (C=O) groups is 2. The highest BCUT2D eigenvalue weighted by Gasteiger charge is 2.18. The molecule has 0 aliphatic carbocycles. The fraction of sp³-hybridized carbons (Fsp3) is 0.600. The number of amides is 1. The van der Waals surface area contributed by atoms with Crippen LogP contribution in [0.15, 0.2) is 11.4 Å². The quantitative estimate of drug-likeness (QED) is 0.793. The number of thiophene rings is 1. The molecule has 1 aliphatic rings. The number of ether oxygens (including phenoxy) is 1. The summed E-state index contributed by atoms with van der Waals surface area (Å²) in [5.74, 6) is 0.221. The van der Waals surface area contributed by atoms with E-state index in [2.05, 4.69) is 10.6 Å². The minimum atomic E-state index is -0.382. The molecule has 0 saturated carbocycles. The van der Waals surface area contributed by atoms with Crippen molar-refractivity contribution in [1.82, 2.24) is 5.32 Å². The molecule has 1 amide bonds. The molecule has 2 heterocycles. The summed E-state index contributed by atoms with van der Waals surface area (Å²) in [6.07, 6.45) is 3.69. The average molecular weight is 310 g/mol. The minimum absolute atomic E-state index is 0.0264. The summed E-state index contributed by atoms with van der Waals surface area (Å²) in [6.45, 7) is 4.19. The zero-order valence-electron chi connectivity index (χ0n) is 12.3. The number of nitrogens with one attached hydrogen (secondary N) is 2. The number of rotatable bonds is 6. The molecule has 2 N–H and O–H groups in total. The molecule has 1 fully saturated rings. The Hall–Kier alpha value is -1.40. The first-order chi connectivity index (χ1) is 10.2. The summed E-state index contributed by atoms with van der Waals surface area (Å²) in [4.78, 5) is 23.8. The lowest BCUT2D eigenvalue weighted by atomic mass is 9.93. The number of hydrogen-bond acceptors (Lipinski definition) is 5. The zero-order chi connectivity index (χ0) is 15.1. The van der Waals surface area contributed by atoms with E-state index in [1.807, 2.05) is 0 Å². The van der Waals surface area contributed by atoms with Crippen LogP contribution in [0.5, 0.6) is 0 Å². The first-order valence-electron chi connectivity index (χ1n) is 7.46. The highest BCUT2D eigenvalue weighted by molar-refractivity contribution is 7.14. The normalized spacial score (nSPS) is 15.7. The average Bonchev–Trinajstić information content (AvgIpc) is 2.95. The number of hydrogen-bond donors (Lipinski definition) is 2. The topological polar surface area (TPSA) is 67.4 Å². The summed E-state index contributed by atoms with van der Waals surface area (Å²) in [6, 6.07) is 1.69. The standard InChI is InChI=1S/C15H22N2O3S/c1-2-20-15(19)12-7-10-21-14(12)17-13(18)4-3-11-5-8-16-9-6-11/h7,10-11,16H,2-6,8-9H2,1H3,(H,17,18). The summed E-state index contributed by atoms with van der Waals surface area (Å²) in [5.41, 5.74) is 0.442. The minimum Gasteiger partial charge on any atom is -0.462 e. The Morgan fingerprint density at radius 3 is 2.90 bits per heavy atom. The van der Waals surface area contributed by atoms with Crippen LogP contribution in [-0.4, -0.2) is 31.6 Å². The van der Waals surface area contributed by atoms with Gasteiger partial charge >= 0.3 is 5.97 Å². The second-order valence-electron chi connectivity index (χ2n) is 5.16. The SMILES string of the molecule is CCOC(=O)c1ccsc1NC(=O)CCC1CCNCC1. The molecule has 2 rings (SSSR count). The van der Waals surface area contributed by atoms with Crippen molar-refractivity contribution in [3.05, 3.63) is 17.0 Å². The Morgan fingerprint density at radius 1 is 1.43 bits per heavy atom. The van der Waals surface area contributed by atoms with Gasteiger partial charge in [0.2, 0.25) is 5.91 Å². The third kappa shape index (κ3) is 4.82. The molecular weight excluding hydrogens is 288 g/mol. The Balaban J connectivity index is 1.82. The number of piperidine rings is 1. The van der Waals surface area contributed by atoms with E-state index in [-0.39, 0.29) is 11.9 Å². The molecule has 0 unspecified atom stereocenters. The van der Waals surface area contributed by atoms with Crippen LogP contribution >= 0.6 is 11.3 Å². The molecule has 0 atom stereocenters. The van der Waals surface area contributed by atoms with E-state index in [4.69, 9.17) is 4.74 Å². The van der Waals surface area contributed by atoms with Crippen LogP contribution in [0, 0.1) is 5.92 Å². The van der Waals surface area contributed by atoms with Crippen molar-refractivity contribution < 1.29 is 14.3 Å². The largest absolute Gasteiger partial charge is 0.462 e. The molecule has 116 valence electrons. The van der Waals surface area contributed by atoms with Crippen molar-refractivity contribution in [3.8, 4) is 0 Å². The van der Waals surface area contributed by atoms with Gasteiger partial charge in [0.15, 0.2) is 0 Å². The van der Waals surface area contributed by atoms with Crippen molar-refractivity contribution in [3.63, 3.8) is 0 Å². The van der Waals surface area contributed by atoms with Crippen LogP contribution < -0.4 is 10.6 Å². The van der Waals surface area contributed by atoms with E-state index < -0.39 is 0 Å². The molecule has 0 aromatic carbocycles. The molecule has 1 saturated heterocycles. The Morgan fingerprint density at radius 2 is 2.19 bits per heavy atom. The summed E-state index contributed by atoms with van der Waals surface area (Å²) in [5, 5.41) is 8.53. The van der Waals surface area contributed by atoms with Gasteiger partial charge in [0.25, 0.3) is 0 Å². The molecule has 1 aromatic heterocycles. The van der Waals surface area contributed by atoms with Crippen molar-refractivity contribution in [2.45, 2.75) is 32.6 Å². The van der Waals surface area contributed by atoms with Gasteiger partial charge in [-0.25, -0.2) is 4.79 Å². The van der Waals surface area contributed by atoms with Gasteiger partial charge in [-0.1, -0.05) is 0 Å². The molecule has 6 heteroatoms. The summed E-state index contributed by atoms with van der Waals surface area (Å²) in [7, 11) is 0. The molecule has 1 aliphatic heterocycles. The number of anilines is 1. The summed E-state index contributed by atoms with van der Waals surface area (Å²) < 4.78 is 4.97. The van der Waals surface area contributed by atoms with Gasteiger partial charge in [0.05, 0.1) is 12.2 Å². The van der Waals surface area contributed by atoms with Crippen molar-refractivity contribution >= 4 is 28.2 Å². The summed E-state index contributed by atoms with van der Waals surface area (Å²) >= 11 is 1.35. The van der Waals surface area contributed by atoms with Gasteiger partial charge in [0, 0.05) is 6.42 Å². The Kier molecular flexibility index (Phi) is 6.20. The van der Waals surface area contributed by atoms with E-state index >= 15 is 0 Å². The second-order valence-corrected chi connectivity index (χ2v) is 6.08. The molecular formula is C15H22N2O3S. The van der Waals surface area contributed by atoms with E-state index in [0.29, 0.717) is 29.5 Å². The maximum Gasteiger partial charge on any atom is 0.341 e. The first kappa shape index (κ1) is 16.0. The smallest absolute Gasteiger partial charge is 0.341 e. The highest BCUT2D eigenvalue weighted by Crippen LogP contribution is 2.25. The first-order valence-corrected chi connectivity index (χ1v) is 8.34. The lowest BCUT2D eigenvalue weighted by Crippen LogP contribution is -2.28. The molecule has 0 radical (unpaired) electrons. The van der Waals surface area contributed by atoms with Crippen molar-refractivity contribution in [1.29, 1.82) is 0 Å². The fourth-order valence-corrected chi connectivity index (χ4v) is 3.26.